The van der Waals surface area contributed by atoms with Gasteiger partial charge in [0.15, 0.2) is 17.5 Å². The molecule has 0 atom stereocenters. The second-order valence-corrected chi connectivity index (χ2v) is 7.97. The molecular formula is C25H36N4O3. The fourth-order valence-electron chi connectivity index (χ4n) is 4.05. The average Bonchev–Trinajstić information content (AvgIpc) is 2.83. The monoisotopic (exact) mass is 440 g/mol. The number of nitrogens with zero attached hydrogens (tertiary/aromatic N) is 3. The van der Waals surface area contributed by atoms with Gasteiger partial charge in [-0.1, -0.05) is 35.9 Å². The summed E-state index contributed by atoms with van der Waals surface area (Å²) in [7, 11) is 6.80. The fourth-order valence-corrected chi connectivity index (χ4v) is 4.05. The van der Waals surface area contributed by atoms with E-state index in [1.54, 1.807) is 21.3 Å². The number of rotatable bonds is 8. The molecule has 1 N–H and O–H groups in total. The van der Waals surface area contributed by atoms with E-state index in [4.69, 9.17) is 14.2 Å². The molecule has 0 spiro atoms. The fraction of sp³-hybridized carbons (Fsp3) is 0.480. The van der Waals surface area contributed by atoms with Gasteiger partial charge in [-0.15, -0.1) is 0 Å². The van der Waals surface area contributed by atoms with Crippen molar-refractivity contribution < 1.29 is 14.2 Å². The standard InChI is InChI=1S/C25H36N4O3/c1-19-6-8-20(9-7-19)12-13-27-25(26-2)29-16-14-28(15-17-29)18-21-10-11-22(30-3)24(32-5)23(21)31-4/h6-11H,12-18H2,1-5H3,(H,26,27). The largest absolute Gasteiger partial charge is 0.493 e. The van der Waals surface area contributed by atoms with Crippen LogP contribution in [0.2, 0.25) is 0 Å². The summed E-state index contributed by atoms with van der Waals surface area (Å²) in [5.74, 6) is 3.03. The number of benzene rings is 2. The lowest BCUT2D eigenvalue weighted by atomic mass is 10.1. The minimum Gasteiger partial charge on any atom is -0.493 e. The van der Waals surface area contributed by atoms with E-state index in [-0.39, 0.29) is 0 Å². The molecule has 0 amide bonds. The van der Waals surface area contributed by atoms with Crippen LogP contribution in [-0.2, 0) is 13.0 Å². The van der Waals surface area contributed by atoms with Crippen molar-refractivity contribution in [1.29, 1.82) is 0 Å². The Labute approximate surface area is 192 Å². The summed E-state index contributed by atoms with van der Waals surface area (Å²) in [6, 6.07) is 12.7. The van der Waals surface area contributed by atoms with Gasteiger partial charge in [-0.3, -0.25) is 9.89 Å². The molecule has 1 aliphatic rings. The SMILES string of the molecule is CN=C(NCCc1ccc(C)cc1)N1CCN(Cc2ccc(OC)c(OC)c2OC)CC1. The quantitative estimate of drug-likeness (QED) is 0.503. The van der Waals surface area contributed by atoms with Gasteiger partial charge in [-0.05, 0) is 25.0 Å². The topological polar surface area (TPSA) is 58.6 Å². The van der Waals surface area contributed by atoms with E-state index in [1.165, 1.54) is 11.1 Å². The van der Waals surface area contributed by atoms with Gasteiger partial charge in [0.1, 0.15) is 0 Å². The zero-order chi connectivity index (χ0) is 22.9. The van der Waals surface area contributed by atoms with Crippen LogP contribution in [0.3, 0.4) is 0 Å². The Hall–Kier alpha value is -2.93. The van der Waals surface area contributed by atoms with Crippen molar-refractivity contribution in [2.45, 2.75) is 19.9 Å². The third kappa shape index (κ3) is 5.85. The van der Waals surface area contributed by atoms with Gasteiger partial charge in [0.25, 0.3) is 0 Å². The van der Waals surface area contributed by atoms with E-state index in [9.17, 15) is 0 Å². The maximum absolute atomic E-state index is 5.64. The molecule has 3 rings (SSSR count). The second kappa shape index (κ2) is 11.6. The molecular weight excluding hydrogens is 404 g/mol. The first-order chi connectivity index (χ1) is 15.6. The van der Waals surface area contributed by atoms with Crippen LogP contribution < -0.4 is 19.5 Å². The van der Waals surface area contributed by atoms with Crippen LogP contribution >= 0.6 is 0 Å². The molecule has 1 heterocycles. The smallest absolute Gasteiger partial charge is 0.203 e. The molecule has 1 fully saturated rings. The van der Waals surface area contributed by atoms with Crippen molar-refractivity contribution in [3.8, 4) is 17.2 Å². The molecule has 174 valence electrons. The number of ether oxygens (including phenoxy) is 3. The van der Waals surface area contributed by atoms with Gasteiger partial charge in [0, 0.05) is 51.9 Å². The normalized spacial score (nSPS) is 14.9. The molecule has 0 unspecified atom stereocenters. The van der Waals surface area contributed by atoms with Crippen LogP contribution in [0.1, 0.15) is 16.7 Å². The number of aryl methyl sites for hydroxylation is 1. The van der Waals surface area contributed by atoms with Crippen LogP contribution in [0.25, 0.3) is 0 Å². The van der Waals surface area contributed by atoms with Crippen molar-refractivity contribution >= 4 is 5.96 Å². The van der Waals surface area contributed by atoms with Crippen LogP contribution in [0.15, 0.2) is 41.4 Å². The number of nitrogens with one attached hydrogen (secondary N) is 1. The van der Waals surface area contributed by atoms with Crippen molar-refractivity contribution in [1.82, 2.24) is 15.1 Å². The second-order valence-electron chi connectivity index (χ2n) is 7.97. The zero-order valence-corrected chi connectivity index (χ0v) is 20.0. The summed E-state index contributed by atoms with van der Waals surface area (Å²) in [5.41, 5.74) is 3.73. The van der Waals surface area contributed by atoms with Gasteiger partial charge < -0.3 is 24.4 Å². The Balaban J connectivity index is 1.52. The highest BCUT2D eigenvalue weighted by atomic mass is 16.5. The summed E-state index contributed by atoms with van der Waals surface area (Å²) >= 11 is 0. The Bertz CT molecular complexity index is 891. The van der Waals surface area contributed by atoms with Crippen LogP contribution in [0.4, 0.5) is 0 Å². The third-order valence-corrected chi connectivity index (χ3v) is 5.88. The van der Waals surface area contributed by atoms with Crippen molar-refractivity contribution in [3.63, 3.8) is 0 Å². The third-order valence-electron chi connectivity index (χ3n) is 5.88. The maximum Gasteiger partial charge on any atom is 0.203 e. The Morgan fingerprint density at radius 3 is 2.19 bits per heavy atom. The first-order valence-electron chi connectivity index (χ1n) is 11.1. The Morgan fingerprint density at radius 2 is 1.59 bits per heavy atom. The van der Waals surface area contributed by atoms with E-state index in [2.05, 4.69) is 57.4 Å². The molecule has 1 saturated heterocycles. The number of methoxy groups -OCH3 is 3. The molecule has 32 heavy (non-hydrogen) atoms. The molecule has 1 aliphatic heterocycles. The molecule has 0 aliphatic carbocycles. The number of hydrogen-bond acceptors (Lipinski definition) is 5. The van der Waals surface area contributed by atoms with E-state index >= 15 is 0 Å². The van der Waals surface area contributed by atoms with E-state index < -0.39 is 0 Å². The lowest BCUT2D eigenvalue weighted by molar-refractivity contribution is 0.170. The van der Waals surface area contributed by atoms with Gasteiger partial charge in [0.05, 0.1) is 21.3 Å². The molecule has 0 aromatic heterocycles. The first kappa shape index (κ1) is 23.7. The summed E-state index contributed by atoms with van der Waals surface area (Å²) in [5, 5.41) is 3.52. The van der Waals surface area contributed by atoms with Gasteiger partial charge in [0.2, 0.25) is 5.75 Å². The lowest BCUT2D eigenvalue weighted by Crippen LogP contribution is -2.52. The van der Waals surface area contributed by atoms with Crippen molar-refractivity contribution in [2.75, 3.05) is 61.1 Å². The van der Waals surface area contributed by atoms with E-state index in [0.29, 0.717) is 11.5 Å². The van der Waals surface area contributed by atoms with Crippen LogP contribution in [-0.4, -0.2) is 76.9 Å². The molecule has 2 aromatic carbocycles. The molecule has 0 radical (unpaired) electrons. The number of hydrogen-bond donors (Lipinski definition) is 1. The minimum absolute atomic E-state index is 0.643. The molecule has 7 heteroatoms. The number of aliphatic imine (C=N–C) groups is 1. The average molecular weight is 441 g/mol. The highest BCUT2D eigenvalue weighted by Gasteiger charge is 2.22. The summed E-state index contributed by atoms with van der Waals surface area (Å²) in [4.78, 5) is 9.26. The number of guanidine groups is 1. The highest BCUT2D eigenvalue weighted by Crippen LogP contribution is 2.40. The zero-order valence-electron chi connectivity index (χ0n) is 20.0. The molecule has 7 nitrogen and oxygen atoms in total. The summed E-state index contributed by atoms with van der Waals surface area (Å²) in [6.45, 7) is 7.56. The van der Waals surface area contributed by atoms with Crippen LogP contribution in [0, 0.1) is 6.92 Å². The first-order valence-corrected chi connectivity index (χ1v) is 11.1. The van der Waals surface area contributed by atoms with Gasteiger partial charge in [-0.2, -0.15) is 0 Å². The minimum atomic E-state index is 0.643. The lowest BCUT2D eigenvalue weighted by Gasteiger charge is -2.36. The predicted molar refractivity (Wildman–Crippen MR) is 129 cm³/mol. The molecule has 2 aromatic rings. The van der Waals surface area contributed by atoms with Crippen molar-refractivity contribution in [3.05, 3.63) is 53.1 Å². The predicted octanol–water partition coefficient (Wildman–Crippen LogP) is 2.96. The molecule has 0 saturated carbocycles. The van der Waals surface area contributed by atoms with E-state index in [1.807, 2.05) is 13.1 Å². The number of piperazine rings is 1. The van der Waals surface area contributed by atoms with E-state index in [0.717, 1.165) is 63.0 Å². The summed E-state index contributed by atoms with van der Waals surface area (Å²) in [6.07, 6.45) is 0.984. The Morgan fingerprint density at radius 1 is 0.906 bits per heavy atom. The highest BCUT2D eigenvalue weighted by molar-refractivity contribution is 5.80. The van der Waals surface area contributed by atoms with Crippen molar-refractivity contribution in [2.24, 2.45) is 4.99 Å². The Kier molecular flexibility index (Phi) is 8.62. The van der Waals surface area contributed by atoms with Gasteiger partial charge in [-0.25, -0.2) is 0 Å². The summed E-state index contributed by atoms with van der Waals surface area (Å²) < 4.78 is 16.6. The van der Waals surface area contributed by atoms with Gasteiger partial charge >= 0.3 is 0 Å². The molecule has 0 bridgehead atoms. The maximum atomic E-state index is 5.64. The van der Waals surface area contributed by atoms with Crippen LogP contribution in [0.5, 0.6) is 17.2 Å².